The number of hydrogen-bond acceptors (Lipinski definition) is 6. The van der Waals surface area contributed by atoms with Gasteiger partial charge in [-0.05, 0) is 64.2 Å². The molecule has 0 aliphatic rings. The minimum Gasteiger partial charge on any atom is -0.726 e. The zero-order chi connectivity index (χ0) is 38.2. The highest BCUT2D eigenvalue weighted by Gasteiger charge is 2.19. The van der Waals surface area contributed by atoms with Crippen molar-refractivity contribution in [1.29, 1.82) is 0 Å². The van der Waals surface area contributed by atoms with Crippen LogP contribution in [0.5, 0.6) is 0 Å². The van der Waals surface area contributed by atoms with Gasteiger partial charge in [-0.2, -0.15) is 0 Å². The molecule has 0 aliphatic carbocycles. The van der Waals surface area contributed by atoms with Crippen LogP contribution in [0, 0.1) is 0 Å². The number of nitrogens with zero attached hydrogens (tertiary/aromatic N) is 1. The second-order valence-corrected chi connectivity index (χ2v) is 16.6. The number of quaternary nitrogens is 1. The van der Waals surface area contributed by atoms with Gasteiger partial charge in [0.05, 0.1) is 34.9 Å². The van der Waals surface area contributed by atoms with E-state index < -0.39 is 10.4 Å². The molecule has 0 aromatic carbocycles. The molecule has 306 valence electrons. The molecule has 0 spiro atoms. The SMILES string of the molecule is CCCCCCCC/C=C\CCCCCCCCOCC(C[N+](C)(C)C)OCCCCCCCC/C=C\CCCCCCCC.COS(=O)(=O)[O-]. The van der Waals surface area contributed by atoms with E-state index in [1.54, 1.807) is 0 Å². The highest BCUT2D eigenvalue weighted by Crippen LogP contribution is 2.12. The predicted molar refractivity (Wildman–Crippen MR) is 219 cm³/mol. The summed E-state index contributed by atoms with van der Waals surface area (Å²) in [5.41, 5.74) is 0. The van der Waals surface area contributed by atoms with Gasteiger partial charge in [0.2, 0.25) is 10.4 Å². The predicted octanol–water partition coefficient (Wildman–Crippen LogP) is 12.3. The quantitative estimate of drug-likeness (QED) is 0.0206. The van der Waals surface area contributed by atoms with Crippen LogP contribution in [0.15, 0.2) is 24.3 Å². The van der Waals surface area contributed by atoms with Crippen LogP contribution in [0.25, 0.3) is 0 Å². The molecule has 0 aromatic rings. The fourth-order valence-corrected chi connectivity index (χ4v) is 6.03. The molecule has 51 heavy (non-hydrogen) atoms. The molecule has 0 fully saturated rings. The smallest absolute Gasteiger partial charge is 0.217 e. The molecule has 0 saturated heterocycles. The summed E-state index contributed by atoms with van der Waals surface area (Å²) in [6, 6.07) is 0. The van der Waals surface area contributed by atoms with Crippen LogP contribution in [0.1, 0.15) is 194 Å². The first-order chi connectivity index (χ1) is 24.6. The van der Waals surface area contributed by atoms with Crippen molar-refractivity contribution in [3.05, 3.63) is 24.3 Å². The first-order valence-electron chi connectivity index (χ1n) is 21.4. The molecule has 1 atom stereocenters. The fraction of sp³-hybridized carbons (Fsp3) is 0.907. The molecule has 8 heteroatoms. The number of hydrogen-bond donors (Lipinski definition) is 0. The Bertz CT molecular complexity index is 840. The van der Waals surface area contributed by atoms with Gasteiger partial charge < -0.3 is 18.5 Å². The molecule has 0 N–H and O–H groups in total. The van der Waals surface area contributed by atoms with E-state index in [1.807, 2.05) is 0 Å². The van der Waals surface area contributed by atoms with Crippen molar-refractivity contribution >= 4 is 10.4 Å². The first kappa shape index (κ1) is 52.3. The van der Waals surface area contributed by atoms with Crippen molar-refractivity contribution in [3.8, 4) is 0 Å². The summed E-state index contributed by atoms with van der Waals surface area (Å²) >= 11 is 0. The summed E-state index contributed by atoms with van der Waals surface area (Å²) in [6.07, 6.45) is 47.6. The van der Waals surface area contributed by atoms with E-state index in [4.69, 9.17) is 9.47 Å². The number of rotatable bonds is 38. The Kier molecular flexibility index (Phi) is 41.5. The minimum atomic E-state index is -4.41. The van der Waals surface area contributed by atoms with E-state index in [2.05, 4.69) is 63.5 Å². The van der Waals surface area contributed by atoms with Crippen LogP contribution >= 0.6 is 0 Å². The van der Waals surface area contributed by atoms with Crippen molar-refractivity contribution in [2.45, 2.75) is 200 Å². The Morgan fingerprint density at radius 1 is 0.529 bits per heavy atom. The van der Waals surface area contributed by atoms with Crippen LogP contribution in [0.2, 0.25) is 0 Å². The van der Waals surface area contributed by atoms with Crippen LogP contribution < -0.4 is 0 Å². The van der Waals surface area contributed by atoms with E-state index in [1.165, 1.54) is 180 Å². The van der Waals surface area contributed by atoms with Crippen molar-refractivity contribution in [2.24, 2.45) is 0 Å². The Labute approximate surface area is 319 Å². The zero-order valence-corrected chi connectivity index (χ0v) is 35.6. The Balaban J connectivity index is 0. The lowest BCUT2D eigenvalue weighted by Gasteiger charge is -2.29. The summed E-state index contributed by atoms with van der Waals surface area (Å²) in [5.74, 6) is 0. The van der Waals surface area contributed by atoms with Crippen LogP contribution in [-0.2, 0) is 24.1 Å². The second kappa shape index (κ2) is 40.4. The standard InChI is InChI=1S/C42H84NO2.CH4O4S/c1-6-8-10-12-14-16-18-20-22-24-26-28-30-32-34-36-38-44-41-42(40-43(3,4)5)45-39-37-35-33-31-29-27-25-23-21-19-17-15-13-11-9-7-2;1-5-6(2,3)4/h20-23,42H,6-19,24-41H2,1-5H3;1H3,(H,2,3,4)/q+1;/p-1/b22-20-,23-21-;. The number of allylic oxidation sites excluding steroid dienone is 4. The largest absolute Gasteiger partial charge is 0.726 e. The van der Waals surface area contributed by atoms with Gasteiger partial charge in [0, 0.05) is 13.2 Å². The van der Waals surface area contributed by atoms with E-state index in [9.17, 15) is 13.0 Å². The third-order valence-corrected chi connectivity index (χ3v) is 9.48. The van der Waals surface area contributed by atoms with Gasteiger partial charge in [0.25, 0.3) is 0 Å². The maximum atomic E-state index is 9.22. The molecule has 1 unspecified atom stereocenters. The molecule has 0 aromatic heterocycles. The molecule has 0 amide bonds. The fourth-order valence-electron chi connectivity index (χ4n) is 6.03. The molecule has 7 nitrogen and oxygen atoms in total. The van der Waals surface area contributed by atoms with Gasteiger partial charge >= 0.3 is 0 Å². The zero-order valence-electron chi connectivity index (χ0n) is 34.8. The number of unbranched alkanes of at least 4 members (excludes halogenated alkanes) is 24. The Morgan fingerprint density at radius 2 is 0.843 bits per heavy atom. The third kappa shape index (κ3) is 51.4. The van der Waals surface area contributed by atoms with Crippen molar-refractivity contribution in [3.63, 3.8) is 0 Å². The van der Waals surface area contributed by atoms with E-state index in [-0.39, 0.29) is 6.10 Å². The van der Waals surface area contributed by atoms with Gasteiger partial charge in [-0.25, -0.2) is 8.42 Å². The number of likely N-dealkylation sites (N-methyl/N-ethyl adjacent to an activating group) is 1. The van der Waals surface area contributed by atoms with E-state index in [0.29, 0.717) is 0 Å². The maximum absolute atomic E-state index is 9.22. The molecule has 0 radical (unpaired) electrons. The third-order valence-electron chi connectivity index (χ3n) is 9.07. The second-order valence-electron chi connectivity index (χ2n) is 15.5. The Hall–Kier alpha value is -0.770. The molecule has 0 bridgehead atoms. The maximum Gasteiger partial charge on any atom is 0.217 e. The topological polar surface area (TPSA) is 84.9 Å². The summed E-state index contributed by atoms with van der Waals surface area (Å²) < 4.78 is 44.4. The average molecular weight is 746 g/mol. The molecule has 0 saturated carbocycles. The van der Waals surface area contributed by atoms with Crippen molar-refractivity contribution in [1.82, 2.24) is 0 Å². The normalized spacial score (nSPS) is 12.9. The molecular formula is C43H87NO6S. The lowest BCUT2D eigenvalue weighted by atomic mass is 10.1. The highest BCUT2D eigenvalue weighted by molar-refractivity contribution is 7.80. The minimum absolute atomic E-state index is 0.210. The van der Waals surface area contributed by atoms with Gasteiger partial charge in [-0.3, -0.25) is 4.18 Å². The van der Waals surface area contributed by atoms with Crippen LogP contribution in [0.3, 0.4) is 0 Å². The van der Waals surface area contributed by atoms with Crippen LogP contribution in [0.4, 0.5) is 0 Å². The molecule has 0 rings (SSSR count). The van der Waals surface area contributed by atoms with Crippen molar-refractivity contribution < 1.29 is 31.1 Å². The summed E-state index contributed by atoms with van der Waals surface area (Å²) in [6.45, 7) is 8.10. The lowest BCUT2D eigenvalue weighted by Crippen LogP contribution is -2.44. The van der Waals surface area contributed by atoms with Gasteiger partial charge in [-0.15, -0.1) is 0 Å². The van der Waals surface area contributed by atoms with Gasteiger partial charge in [0.1, 0.15) is 12.6 Å². The van der Waals surface area contributed by atoms with Crippen LogP contribution in [-0.4, -0.2) is 78.2 Å². The number of ether oxygens (including phenoxy) is 2. The van der Waals surface area contributed by atoms with Gasteiger partial charge in [-0.1, -0.05) is 154 Å². The molecular weight excluding hydrogens is 659 g/mol. The Morgan fingerprint density at radius 3 is 1.18 bits per heavy atom. The average Bonchev–Trinajstić information content (AvgIpc) is 3.08. The summed E-state index contributed by atoms with van der Waals surface area (Å²) in [7, 11) is 3.16. The monoisotopic (exact) mass is 746 g/mol. The summed E-state index contributed by atoms with van der Waals surface area (Å²) in [4.78, 5) is 0. The highest BCUT2D eigenvalue weighted by atomic mass is 32.3. The lowest BCUT2D eigenvalue weighted by molar-refractivity contribution is -0.873. The van der Waals surface area contributed by atoms with Crippen molar-refractivity contribution in [2.75, 3.05) is 54.6 Å². The molecule has 0 aliphatic heterocycles. The molecule has 0 heterocycles. The van der Waals surface area contributed by atoms with E-state index in [0.717, 1.165) is 38.0 Å². The summed E-state index contributed by atoms with van der Waals surface area (Å²) in [5, 5.41) is 0. The van der Waals surface area contributed by atoms with E-state index >= 15 is 0 Å². The first-order valence-corrected chi connectivity index (χ1v) is 22.7. The van der Waals surface area contributed by atoms with Gasteiger partial charge in [0.15, 0.2) is 0 Å².